The molecule has 0 aromatic heterocycles. The Labute approximate surface area is 229 Å². The number of carbonyl (C=O) groups is 2. The van der Waals surface area contributed by atoms with Gasteiger partial charge in [-0.2, -0.15) is 0 Å². The summed E-state index contributed by atoms with van der Waals surface area (Å²) >= 11 is 0. The summed E-state index contributed by atoms with van der Waals surface area (Å²) in [6.07, 6.45) is 0. The molecule has 0 aliphatic heterocycles. The van der Waals surface area contributed by atoms with Crippen LogP contribution in [0.15, 0.2) is 104 Å². The Morgan fingerprint density at radius 2 is 1.41 bits per heavy atom. The fraction of sp³-hybridized carbons (Fsp3) is 0.152. The molecule has 4 rings (SSSR count). The van der Waals surface area contributed by atoms with Gasteiger partial charge in [0.1, 0.15) is 5.82 Å². The maximum absolute atomic E-state index is 13.8. The van der Waals surface area contributed by atoms with E-state index in [4.69, 9.17) is 0 Å². The number of carbonyl (C=O) groups excluding carboxylic acids is 2. The van der Waals surface area contributed by atoms with Crippen LogP contribution in [0.4, 0.5) is 21.5 Å². The lowest BCUT2D eigenvalue weighted by Crippen LogP contribution is -2.30. The zero-order valence-electron chi connectivity index (χ0n) is 22.4. The van der Waals surface area contributed by atoms with Crippen LogP contribution in [0.2, 0.25) is 0 Å². The Bertz CT molecular complexity index is 1460. The molecule has 4 aromatic carbocycles. The van der Waals surface area contributed by atoms with Crippen molar-refractivity contribution in [3.05, 3.63) is 132 Å². The summed E-state index contributed by atoms with van der Waals surface area (Å²) in [4.78, 5) is 29.5. The first kappa shape index (κ1) is 27.3. The Morgan fingerprint density at radius 3 is 2.03 bits per heavy atom. The topological polar surface area (TPSA) is 52.7 Å². The van der Waals surface area contributed by atoms with Gasteiger partial charge in [-0.15, -0.1) is 0 Å². The highest BCUT2D eigenvalue weighted by Crippen LogP contribution is 2.36. The van der Waals surface area contributed by atoms with Gasteiger partial charge in [-0.25, -0.2) is 4.39 Å². The lowest BCUT2D eigenvalue weighted by molar-refractivity contribution is 0.0773. The quantitative estimate of drug-likeness (QED) is 0.246. The van der Waals surface area contributed by atoms with E-state index in [1.54, 1.807) is 53.4 Å². The minimum atomic E-state index is -0.335. The summed E-state index contributed by atoms with van der Waals surface area (Å²) in [6, 6.07) is 28.2. The van der Waals surface area contributed by atoms with Gasteiger partial charge in [-0.05, 0) is 92.6 Å². The van der Waals surface area contributed by atoms with Gasteiger partial charge in [0.05, 0.1) is 0 Å². The molecule has 1 N–H and O–H groups in total. The van der Waals surface area contributed by atoms with Crippen molar-refractivity contribution < 1.29 is 14.0 Å². The Balaban J connectivity index is 1.63. The highest BCUT2D eigenvalue weighted by Gasteiger charge is 2.19. The van der Waals surface area contributed by atoms with E-state index >= 15 is 0 Å². The third-order valence-electron chi connectivity index (χ3n) is 6.61. The molecular weight excluding hydrogens is 489 g/mol. The summed E-state index contributed by atoms with van der Waals surface area (Å²) in [5.41, 5.74) is 5.60. The standard InChI is InChI=1S/C33H32FN3O2/c1-5-36(6-2)33(39)26-14-18-29(19-15-26)35-32(38)27-13-12-23(3)31(22-27)37(30-20-16-28(34)17-21-30)24(4)25-10-8-7-9-11-25/h7-22H,4-6H2,1-3H3,(H,35,38). The summed E-state index contributed by atoms with van der Waals surface area (Å²) in [6.45, 7) is 11.4. The lowest BCUT2D eigenvalue weighted by atomic mass is 10.0. The fourth-order valence-electron chi connectivity index (χ4n) is 4.37. The van der Waals surface area contributed by atoms with E-state index in [0.717, 1.165) is 22.5 Å². The molecule has 198 valence electrons. The van der Waals surface area contributed by atoms with Gasteiger partial charge in [-0.1, -0.05) is 43.0 Å². The van der Waals surface area contributed by atoms with Crippen LogP contribution < -0.4 is 10.2 Å². The number of nitrogens with zero attached hydrogens (tertiary/aromatic N) is 2. The minimum absolute atomic E-state index is 0.0411. The number of benzene rings is 4. The molecule has 2 amide bonds. The van der Waals surface area contributed by atoms with Crippen LogP contribution in [-0.2, 0) is 0 Å². The zero-order valence-corrected chi connectivity index (χ0v) is 22.4. The smallest absolute Gasteiger partial charge is 0.255 e. The van der Waals surface area contributed by atoms with Gasteiger partial charge >= 0.3 is 0 Å². The molecule has 0 unspecified atom stereocenters. The van der Waals surface area contributed by atoms with Crippen LogP contribution in [0.3, 0.4) is 0 Å². The summed E-state index contributed by atoms with van der Waals surface area (Å²) in [5.74, 6) is -0.664. The molecular formula is C33H32FN3O2. The van der Waals surface area contributed by atoms with Crippen LogP contribution in [0, 0.1) is 12.7 Å². The number of hydrogen-bond acceptors (Lipinski definition) is 3. The molecule has 5 nitrogen and oxygen atoms in total. The molecule has 0 radical (unpaired) electrons. The Hall–Kier alpha value is -4.71. The second kappa shape index (κ2) is 12.2. The van der Waals surface area contributed by atoms with Crippen LogP contribution in [0.5, 0.6) is 0 Å². The second-order valence-electron chi connectivity index (χ2n) is 9.13. The van der Waals surface area contributed by atoms with Gasteiger partial charge < -0.3 is 15.1 Å². The normalized spacial score (nSPS) is 10.6. The zero-order chi connectivity index (χ0) is 27.9. The monoisotopic (exact) mass is 521 g/mol. The number of aryl methyl sites for hydroxylation is 1. The summed E-state index contributed by atoms with van der Waals surface area (Å²) in [7, 11) is 0. The van der Waals surface area contributed by atoms with E-state index in [9.17, 15) is 14.0 Å². The highest BCUT2D eigenvalue weighted by atomic mass is 19.1. The van der Waals surface area contributed by atoms with Crippen LogP contribution in [-0.4, -0.2) is 29.8 Å². The van der Waals surface area contributed by atoms with E-state index in [2.05, 4.69) is 11.9 Å². The average molecular weight is 522 g/mol. The number of nitrogens with one attached hydrogen (secondary N) is 1. The van der Waals surface area contributed by atoms with E-state index < -0.39 is 0 Å². The van der Waals surface area contributed by atoms with Crippen molar-refractivity contribution in [2.75, 3.05) is 23.3 Å². The molecule has 39 heavy (non-hydrogen) atoms. The lowest BCUT2D eigenvalue weighted by Gasteiger charge is -2.29. The van der Waals surface area contributed by atoms with Crippen LogP contribution in [0.25, 0.3) is 5.70 Å². The Kier molecular flexibility index (Phi) is 8.56. The van der Waals surface area contributed by atoms with E-state index in [-0.39, 0.29) is 17.6 Å². The molecule has 0 heterocycles. The first-order chi connectivity index (χ1) is 18.8. The average Bonchev–Trinajstić information content (AvgIpc) is 2.96. The van der Waals surface area contributed by atoms with E-state index in [1.807, 2.05) is 62.1 Å². The molecule has 0 bridgehead atoms. The predicted molar refractivity (Wildman–Crippen MR) is 157 cm³/mol. The summed E-state index contributed by atoms with van der Waals surface area (Å²) < 4.78 is 13.8. The molecule has 0 atom stereocenters. The van der Waals surface area contributed by atoms with Gasteiger partial charge in [-0.3, -0.25) is 9.59 Å². The maximum Gasteiger partial charge on any atom is 0.255 e. The molecule has 0 saturated heterocycles. The third kappa shape index (κ3) is 6.24. The van der Waals surface area contributed by atoms with Gasteiger partial charge in [0.15, 0.2) is 0 Å². The number of halogens is 1. The molecule has 6 heteroatoms. The van der Waals surface area contributed by atoms with Gasteiger partial charge in [0.2, 0.25) is 0 Å². The number of anilines is 3. The SMILES string of the molecule is C=C(c1ccccc1)N(c1ccc(F)cc1)c1cc(C(=O)Nc2ccc(C(=O)N(CC)CC)cc2)ccc1C. The largest absolute Gasteiger partial charge is 0.339 e. The molecule has 0 saturated carbocycles. The molecule has 0 aliphatic carbocycles. The van der Waals surface area contributed by atoms with Crippen molar-refractivity contribution in [1.29, 1.82) is 0 Å². The molecule has 0 spiro atoms. The Morgan fingerprint density at radius 1 is 0.795 bits per heavy atom. The number of rotatable bonds is 9. The second-order valence-corrected chi connectivity index (χ2v) is 9.13. The first-order valence-electron chi connectivity index (χ1n) is 12.9. The van der Waals surface area contributed by atoms with Crippen molar-refractivity contribution >= 4 is 34.6 Å². The van der Waals surface area contributed by atoms with Crippen molar-refractivity contribution in [3.63, 3.8) is 0 Å². The van der Waals surface area contributed by atoms with E-state index in [1.165, 1.54) is 12.1 Å². The van der Waals surface area contributed by atoms with Crippen LogP contribution in [0.1, 0.15) is 45.7 Å². The van der Waals surface area contributed by atoms with Crippen molar-refractivity contribution in [1.82, 2.24) is 4.90 Å². The molecule has 0 fully saturated rings. The minimum Gasteiger partial charge on any atom is -0.339 e. The van der Waals surface area contributed by atoms with Gasteiger partial charge in [0, 0.05) is 47.0 Å². The van der Waals surface area contributed by atoms with Crippen molar-refractivity contribution in [2.24, 2.45) is 0 Å². The molecule has 0 aliphatic rings. The van der Waals surface area contributed by atoms with Crippen molar-refractivity contribution in [2.45, 2.75) is 20.8 Å². The predicted octanol–water partition coefficient (Wildman–Crippen LogP) is 7.68. The van der Waals surface area contributed by atoms with E-state index in [0.29, 0.717) is 35.6 Å². The summed E-state index contributed by atoms with van der Waals surface area (Å²) in [5, 5.41) is 2.92. The highest BCUT2D eigenvalue weighted by molar-refractivity contribution is 6.06. The number of hydrogen-bond donors (Lipinski definition) is 1. The van der Waals surface area contributed by atoms with Gasteiger partial charge in [0.25, 0.3) is 11.8 Å². The number of amides is 2. The fourth-order valence-corrected chi connectivity index (χ4v) is 4.37. The maximum atomic E-state index is 13.8. The van der Waals surface area contributed by atoms with Crippen LogP contribution >= 0.6 is 0 Å². The first-order valence-corrected chi connectivity index (χ1v) is 12.9. The molecule has 4 aromatic rings. The third-order valence-corrected chi connectivity index (χ3v) is 6.61. The van der Waals surface area contributed by atoms with Crippen molar-refractivity contribution in [3.8, 4) is 0 Å².